The van der Waals surface area contributed by atoms with Crippen LogP contribution in [0.3, 0.4) is 0 Å². The fraction of sp³-hybridized carbons (Fsp3) is 0.0909. The van der Waals surface area contributed by atoms with Crippen molar-refractivity contribution in [2.45, 2.75) is 13.8 Å². The molecule has 0 aliphatic carbocycles. The van der Waals surface area contributed by atoms with Crippen LogP contribution in [0.1, 0.15) is 22.7 Å². The Morgan fingerprint density at radius 2 is 2.03 bits per heavy atom. The van der Waals surface area contributed by atoms with Crippen molar-refractivity contribution in [1.82, 2.24) is 9.97 Å². The van der Waals surface area contributed by atoms with Gasteiger partial charge in [-0.05, 0) is 49.7 Å². The predicted octanol–water partition coefficient (Wildman–Crippen LogP) is 5.41. The van der Waals surface area contributed by atoms with E-state index in [1.54, 1.807) is 25.1 Å². The lowest BCUT2D eigenvalue weighted by Crippen LogP contribution is -1.94. The number of nitriles is 1. The largest absolute Gasteiger partial charge is 0.457 e. The third-order valence-corrected chi connectivity index (χ3v) is 4.80. The Bertz CT molecular complexity index is 1290. The lowest BCUT2D eigenvalue weighted by molar-refractivity contribution is -0.385. The number of furan rings is 1. The molecule has 1 N–H and O–H groups in total. The molecule has 0 unspecified atom stereocenters. The van der Waals surface area contributed by atoms with Crippen LogP contribution in [0.15, 0.2) is 52.9 Å². The summed E-state index contributed by atoms with van der Waals surface area (Å²) >= 11 is 0. The highest BCUT2D eigenvalue weighted by molar-refractivity contribution is 5.89. The number of fused-ring (bicyclic) bond motifs is 1. The quantitative estimate of drug-likeness (QED) is 0.287. The van der Waals surface area contributed by atoms with Crippen molar-refractivity contribution in [2.75, 3.05) is 0 Å². The van der Waals surface area contributed by atoms with E-state index >= 15 is 0 Å². The predicted molar refractivity (Wildman–Crippen MR) is 110 cm³/mol. The van der Waals surface area contributed by atoms with Gasteiger partial charge in [0.1, 0.15) is 23.4 Å². The molecule has 2 heterocycles. The SMILES string of the molecule is Cc1cc(-c2ccc(/C=C(\C#N)c3nc4ccccc4[nH]3)o2)cc([N+](=O)[O-])c1C. The van der Waals surface area contributed by atoms with Crippen LogP contribution in [0.25, 0.3) is 34.0 Å². The summed E-state index contributed by atoms with van der Waals surface area (Å²) in [7, 11) is 0. The number of aryl methyl sites for hydroxylation is 1. The van der Waals surface area contributed by atoms with E-state index in [1.165, 1.54) is 6.07 Å². The topological polar surface area (TPSA) is 109 Å². The minimum Gasteiger partial charge on any atom is -0.457 e. The highest BCUT2D eigenvalue weighted by Crippen LogP contribution is 2.31. The van der Waals surface area contributed by atoms with E-state index in [9.17, 15) is 15.4 Å². The first-order chi connectivity index (χ1) is 14.0. The fourth-order valence-electron chi connectivity index (χ4n) is 3.13. The lowest BCUT2D eigenvalue weighted by Gasteiger charge is -2.04. The Hall–Kier alpha value is -4.18. The lowest BCUT2D eigenvalue weighted by atomic mass is 10.0. The van der Waals surface area contributed by atoms with Gasteiger partial charge in [-0.2, -0.15) is 5.26 Å². The molecule has 0 saturated carbocycles. The van der Waals surface area contributed by atoms with Crippen molar-refractivity contribution in [3.8, 4) is 17.4 Å². The monoisotopic (exact) mass is 384 g/mol. The molecule has 4 rings (SSSR count). The van der Waals surface area contributed by atoms with E-state index < -0.39 is 4.92 Å². The van der Waals surface area contributed by atoms with Crippen molar-refractivity contribution in [2.24, 2.45) is 0 Å². The van der Waals surface area contributed by atoms with Crippen LogP contribution in [0.2, 0.25) is 0 Å². The number of rotatable bonds is 4. The number of nitrogens with one attached hydrogen (secondary N) is 1. The van der Waals surface area contributed by atoms with Crippen molar-refractivity contribution >= 4 is 28.4 Å². The number of benzene rings is 2. The molecule has 2 aromatic heterocycles. The zero-order chi connectivity index (χ0) is 20.5. The molecule has 2 aromatic carbocycles. The third kappa shape index (κ3) is 3.39. The summed E-state index contributed by atoms with van der Waals surface area (Å²) in [6.07, 6.45) is 1.59. The molecule has 0 aliphatic rings. The van der Waals surface area contributed by atoms with Crippen LogP contribution in [-0.4, -0.2) is 14.9 Å². The molecule has 29 heavy (non-hydrogen) atoms. The number of para-hydroxylation sites is 2. The van der Waals surface area contributed by atoms with Gasteiger partial charge < -0.3 is 9.40 Å². The molecule has 0 aliphatic heterocycles. The van der Waals surface area contributed by atoms with Gasteiger partial charge >= 0.3 is 0 Å². The van der Waals surface area contributed by atoms with Crippen LogP contribution in [0.5, 0.6) is 0 Å². The summed E-state index contributed by atoms with van der Waals surface area (Å²) in [4.78, 5) is 18.5. The first-order valence-electron chi connectivity index (χ1n) is 8.89. The van der Waals surface area contributed by atoms with Crippen LogP contribution in [-0.2, 0) is 0 Å². The van der Waals surface area contributed by atoms with Gasteiger partial charge in [-0.25, -0.2) is 4.98 Å². The van der Waals surface area contributed by atoms with E-state index in [1.807, 2.05) is 37.3 Å². The maximum atomic E-state index is 11.3. The number of nitrogens with zero attached hydrogens (tertiary/aromatic N) is 3. The van der Waals surface area contributed by atoms with Crippen LogP contribution in [0, 0.1) is 35.3 Å². The van der Waals surface area contributed by atoms with E-state index in [-0.39, 0.29) is 5.69 Å². The standard InChI is InChI=1S/C22H16N4O3/c1-13-9-15(11-20(14(13)2)26(27)28)21-8-7-17(29-21)10-16(12-23)22-24-18-5-3-4-6-19(18)25-22/h3-11H,1-2H3,(H,24,25)/b16-10+. The van der Waals surface area contributed by atoms with E-state index in [2.05, 4.69) is 16.0 Å². The van der Waals surface area contributed by atoms with Gasteiger partial charge in [-0.15, -0.1) is 0 Å². The van der Waals surface area contributed by atoms with Crippen molar-refractivity contribution in [3.05, 3.63) is 81.4 Å². The number of imidazole rings is 1. The molecule has 0 saturated heterocycles. The minimum atomic E-state index is -0.398. The van der Waals surface area contributed by atoms with Crippen LogP contribution < -0.4 is 0 Å². The number of nitro benzene ring substituents is 1. The van der Waals surface area contributed by atoms with Crippen LogP contribution >= 0.6 is 0 Å². The molecule has 142 valence electrons. The molecule has 0 fully saturated rings. The molecule has 0 spiro atoms. The molecule has 0 radical (unpaired) electrons. The van der Waals surface area contributed by atoms with Crippen molar-refractivity contribution < 1.29 is 9.34 Å². The van der Waals surface area contributed by atoms with Crippen LogP contribution in [0.4, 0.5) is 5.69 Å². The van der Waals surface area contributed by atoms with E-state index in [0.717, 1.165) is 16.6 Å². The number of H-pyrrole nitrogens is 1. The average molecular weight is 384 g/mol. The summed E-state index contributed by atoms with van der Waals surface area (Å²) in [5.74, 6) is 1.40. The highest BCUT2D eigenvalue weighted by atomic mass is 16.6. The Balaban J connectivity index is 1.72. The zero-order valence-electron chi connectivity index (χ0n) is 15.8. The highest BCUT2D eigenvalue weighted by Gasteiger charge is 2.17. The maximum absolute atomic E-state index is 11.3. The number of nitro groups is 1. The Kier molecular flexibility index (Phi) is 4.45. The maximum Gasteiger partial charge on any atom is 0.273 e. The van der Waals surface area contributed by atoms with E-state index in [0.29, 0.717) is 34.0 Å². The third-order valence-electron chi connectivity index (χ3n) is 4.80. The Morgan fingerprint density at radius 3 is 2.76 bits per heavy atom. The number of aromatic amines is 1. The van der Waals surface area contributed by atoms with Gasteiger partial charge in [0.15, 0.2) is 0 Å². The van der Waals surface area contributed by atoms with Crippen molar-refractivity contribution in [1.29, 1.82) is 5.26 Å². The molecule has 0 atom stereocenters. The first-order valence-corrected chi connectivity index (χ1v) is 8.89. The average Bonchev–Trinajstić information content (AvgIpc) is 3.34. The fourth-order valence-corrected chi connectivity index (χ4v) is 3.13. The van der Waals surface area contributed by atoms with Crippen molar-refractivity contribution in [3.63, 3.8) is 0 Å². The summed E-state index contributed by atoms with van der Waals surface area (Å²) in [6.45, 7) is 3.55. The van der Waals surface area contributed by atoms with Gasteiger partial charge in [-0.1, -0.05) is 12.1 Å². The van der Waals surface area contributed by atoms with Gasteiger partial charge in [0, 0.05) is 23.3 Å². The second kappa shape index (κ2) is 7.09. The van der Waals surface area contributed by atoms with Gasteiger partial charge in [0.2, 0.25) is 0 Å². The summed E-state index contributed by atoms with van der Waals surface area (Å²) in [5.41, 5.74) is 4.03. The second-order valence-electron chi connectivity index (χ2n) is 6.67. The Labute approximate surface area is 166 Å². The minimum absolute atomic E-state index is 0.0495. The van der Waals surface area contributed by atoms with E-state index in [4.69, 9.17) is 4.42 Å². The normalized spacial score (nSPS) is 11.6. The smallest absolute Gasteiger partial charge is 0.273 e. The first kappa shape index (κ1) is 18.2. The van der Waals surface area contributed by atoms with Gasteiger partial charge in [0.25, 0.3) is 5.69 Å². The second-order valence-corrected chi connectivity index (χ2v) is 6.67. The molecule has 0 amide bonds. The molecule has 7 nitrogen and oxygen atoms in total. The molecule has 7 heteroatoms. The molecular formula is C22H16N4O3. The molecule has 4 aromatic rings. The molecular weight excluding hydrogens is 368 g/mol. The zero-order valence-corrected chi connectivity index (χ0v) is 15.8. The summed E-state index contributed by atoms with van der Waals surface area (Å²) in [5, 5.41) is 20.9. The number of allylic oxidation sites excluding steroid dienone is 1. The van der Waals surface area contributed by atoms with Gasteiger partial charge in [0.05, 0.1) is 21.5 Å². The number of hydrogen-bond donors (Lipinski definition) is 1. The Morgan fingerprint density at radius 1 is 1.24 bits per heavy atom. The van der Waals surface area contributed by atoms with Gasteiger partial charge in [-0.3, -0.25) is 10.1 Å². The number of aromatic nitrogens is 2. The summed E-state index contributed by atoms with van der Waals surface area (Å²) in [6, 6.07) is 16.4. The molecule has 0 bridgehead atoms. The summed E-state index contributed by atoms with van der Waals surface area (Å²) < 4.78 is 5.84. The number of hydrogen-bond acceptors (Lipinski definition) is 5.